The van der Waals surface area contributed by atoms with Crippen molar-refractivity contribution < 1.29 is 14.3 Å². The summed E-state index contributed by atoms with van der Waals surface area (Å²) in [5.41, 5.74) is 0.940. The molecule has 0 aliphatic carbocycles. The Morgan fingerprint density at radius 2 is 1.80 bits per heavy atom. The fourth-order valence-electron chi connectivity index (χ4n) is 1.57. The van der Waals surface area contributed by atoms with E-state index in [-0.39, 0.29) is 12.5 Å². The molecule has 0 heterocycles. The van der Waals surface area contributed by atoms with Gasteiger partial charge in [0.2, 0.25) is 5.91 Å². The summed E-state index contributed by atoms with van der Waals surface area (Å²) >= 11 is 0. The van der Waals surface area contributed by atoms with Gasteiger partial charge in [-0.1, -0.05) is 43.7 Å². The Hall–Kier alpha value is -2.04. The molecule has 1 aromatic rings. The van der Waals surface area contributed by atoms with Crippen LogP contribution >= 0.6 is 0 Å². The number of hydrogen-bond acceptors (Lipinski definition) is 3. The summed E-state index contributed by atoms with van der Waals surface area (Å²) < 4.78 is 5.04. The van der Waals surface area contributed by atoms with Gasteiger partial charge >= 0.3 is 6.09 Å². The first-order valence-corrected chi connectivity index (χ1v) is 6.93. The van der Waals surface area contributed by atoms with Gasteiger partial charge in [-0.2, -0.15) is 0 Å². The van der Waals surface area contributed by atoms with E-state index in [0.29, 0.717) is 19.5 Å². The van der Waals surface area contributed by atoms with Crippen LogP contribution in [-0.2, 0) is 16.1 Å². The number of hydrogen-bond donors (Lipinski definition) is 2. The second-order valence-corrected chi connectivity index (χ2v) is 4.44. The predicted molar refractivity (Wildman–Crippen MR) is 77.2 cm³/mol. The molecule has 2 N–H and O–H groups in total. The number of amides is 2. The lowest BCUT2D eigenvalue weighted by molar-refractivity contribution is -0.121. The Kier molecular flexibility index (Phi) is 7.87. The molecule has 0 saturated heterocycles. The molecule has 20 heavy (non-hydrogen) atoms. The smallest absolute Gasteiger partial charge is 0.407 e. The van der Waals surface area contributed by atoms with Crippen LogP contribution in [0.15, 0.2) is 30.3 Å². The van der Waals surface area contributed by atoms with E-state index in [1.54, 1.807) is 0 Å². The van der Waals surface area contributed by atoms with Gasteiger partial charge in [0.25, 0.3) is 0 Å². The zero-order chi connectivity index (χ0) is 14.6. The summed E-state index contributed by atoms with van der Waals surface area (Å²) in [6.07, 6.45) is 1.95. The number of nitrogens with one attached hydrogen (secondary N) is 2. The number of unbranched alkanes of at least 4 members (excludes halogenated alkanes) is 1. The molecule has 0 atom stereocenters. The number of ether oxygens (including phenoxy) is 1. The maximum atomic E-state index is 11.4. The third-order valence-corrected chi connectivity index (χ3v) is 2.69. The summed E-state index contributed by atoms with van der Waals surface area (Å²) in [7, 11) is 0. The zero-order valence-electron chi connectivity index (χ0n) is 11.9. The summed E-state index contributed by atoms with van der Waals surface area (Å²) in [4.78, 5) is 22.7. The summed E-state index contributed by atoms with van der Waals surface area (Å²) in [5, 5.41) is 5.33. The van der Waals surface area contributed by atoms with Crippen molar-refractivity contribution in [1.29, 1.82) is 0 Å². The van der Waals surface area contributed by atoms with Crippen LogP contribution in [0.2, 0.25) is 0 Å². The molecule has 0 radical (unpaired) electrons. The second-order valence-electron chi connectivity index (χ2n) is 4.44. The standard InChI is InChI=1S/C15H22N2O3/c1-2-3-9-14(18)16-10-11-17-15(19)20-12-13-7-5-4-6-8-13/h4-8H,2-3,9-12H2,1H3,(H,16,18)(H,17,19). The van der Waals surface area contributed by atoms with Crippen LogP contribution in [0.4, 0.5) is 4.79 Å². The molecule has 0 fully saturated rings. The molecule has 0 unspecified atom stereocenters. The van der Waals surface area contributed by atoms with Crippen LogP contribution in [0.3, 0.4) is 0 Å². The molecule has 110 valence electrons. The van der Waals surface area contributed by atoms with Gasteiger partial charge in [-0.25, -0.2) is 4.79 Å². The van der Waals surface area contributed by atoms with Crippen molar-refractivity contribution in [2.75, 3.05) is 13.1 Å². The van der Waals surface area contributed by atoms with Crippen molar-refractivity contribution in [3.05, 3.63) is 35.9 Å². The lowest BCUT2D eigenvalue weighted by Crippen LogP contribution is -2.34. The van der Waals surface area contributed by atoms with Crippen LogP contribution in [0, 0.1) is 0 Å². The highest BCUT2D eigenvalue weighted by molar-refractivity contribution is 5.75. The lowest BCUT2D eigenvalue weighted by atomic mass is 10.2. The van der Waals surface area contributed by atoms with Crippen LogP contribution in [0.1, 0.15) is 31.7 Å². The molecule has 0 spiro atoms. The third-order valence-electron chi connectivity index (χ3n) is 2.69. The minimum Gasteiger partial charge on any atom is -0.445 e. The van der Waals surface area contributed by atoms with E-state index in [0.717, 1.165) is 18.4 Å². The number of carbonyl (C=O) groups excluding carboxylic acids is 2. The SMILES string of the molecule is CCCCC(=O)NCCNC(=O)OCc1ccccc1. The minimum atomic E-state index is -0.475. The van der Waals surface area contributed by atoms with Crippen molar-refractivity contribution in [1.82, 2.24) is 10.6 Å². The van der Waals surface area contributed by atoms with Crippen LogP contribution in [0.25, 0.3) is 0 Å². The fraction of sp³-hybridized carbons (Fsp3) is 0.467. The summed E-state index contributed by atoms with van der Waals surface area (Å²) in [6, 6.07) is 9.47. The highest BCUT2D eigenvalue weighted by atomic mass is 16.5. The van der Waals surface area contributed by atoms with E-state index in [4.69, 9.17) is 4.74 Å². The van der Waals surface area contributed by atoms with E-state index in [2.05, 4.69) is 10.6 Å². The summed E-state index contributed by atoms with van der Waals surface area (Å²) in [5.74, 6) is 0.0197. The zero-order valence-corrected chi connectivity index (χ0v) is 11.9. The molecular weight excluding hydrogens is 256 g/mol. The normalized spacial score (nSPS) is 9.85. The maximum absolute atomic E-state index is 11.4. The van der Waals surface area contributed by atoms with Gasteiger partial charge in [0, 0.05) is 19.5 Å². The highest BCUT2D eigenvalue weighted by Crippen LogP contribution is 2.00. The Bertz CT molecular complexity index is 407. The van der Waals surface area contributed by atoms with Crippen LogP contribution in [0.5, 0.6) is 0 Å². The third kappa shape index (κ3) is 7.41. The molecule has 5 heteroatoms. The average Bonchev–Trinajstić information content (AvgIpc) is 2.48. The molecule has 0 bridgehead atoms. The Labute approximate surface area is 119 Å². The number of rotatable bonds is 8. The predicted octanol–water partition coefficient (Wildman–Crippen LogP) is 2.22. The van der Waals surface area contributed by atoms with Gasteiger partial charge < -0.3 is 15.4 Å². The highest BCUT2D eigenvalue weighted by Gasteiger charge is 2.03. The maximum Gasteiger partial charge on any atom is 0.407 e. The van der Waals surface area contributed by atoms with Gasteiger partial charge in [-0.15, -0.1) is 0 Å². The van der Waals surface area contributed by atoms with E-state index in [1.807, 2.05) is 37.3 Å². The van der Waals surface area contributed by atoms with Gasteiger partial charge in [0.15, 0.2) is 0 Å². The molecule has 0 aromatic heterocycles. The first kappa shape index (κ1) is 16.0. The van der Waals surface area contributed by atoms with Gasteiger partial charge in [-0.05, 0) is 12.0 Å². The van der Waals surface area contributed by atoms with Crippen LogP contribution < -0.4 is 10.6 Å². The molecule has 1 aromatic carbocycles. The monoisotopic (exact) mass is 278 g/mol. The first-order valence-electron chi connectivity index (χ1n) is 6.93. The van der Waals surface area contributed by atoms with Gasteiger partial charge in [-0.3, -0.25) is 4.79 Å². The second kappa shape index (κ2) is 9.83. The molecule has 0 aliphatic rings. The van der Waals surface area contributed by atoms with E-state index in [1.165, 1.54) is 0 Å². The van der Waals surface area contributed by atoms with E-state index >= 15 is 0 Å². The molecule has 0 aliphatic heterocycles. The number of benzene rings is 1. The fourth-order valence-corrected chi connectivity index (χ4v) is 1.57. The van der Waals surface area contributed by atoms with Gasteiger partial charge in [0.05, 0.1) is 0 Å². The molecule has 1 rings (SSSR count). The van der Waals surface area contributed by atoms with Gasteiger partial charge in [0.1, 0.15) is 6.61 Å². The van der Waals surface area contributed by atoms with E-state index in [9.17, 15) is 9.59 Å². The Morgan fingerprint density at radius 1 is 1.10 bits per heavy atom. The molecule has 0 saturated carbocycles. The number of alkyl carbamates (subject to hydrolysis) is 1. The quantitative estimate of drug-likeness (QED) is 0.716. The van der Waals surface area contributed by atoms with Crippen molar-refractivity contribution in [3.63, 3.8) is 0 Å². The van der Waals surface area contributed by atoms with E-state index < -0.39 is 6.09 Å². The minimum absolute atomic E-state index is 0.0197. The topological polar surface area (TPSA) is 67.4 Å². The Morgan fingerprint density at radius 3 is 2.50 bits per heavy atom. The first-order chi connectivity index (χ1) is 9.72. The Balaban J connectivity index is 2.04. The van der Waals surface area contributed by atoms with Crippen molar-refractivity contribution >= 4 is 12.0 Å². The average molecular weight is 278 g/mol. The number of carbonyl (C=O) groups is 2. The van der Waals surface area contributed by atoms with Crippen molar-refractivity contribution in [3.8, 4) is 0 Å². The molecule has 5 nitrogen and oxygen atoms in total. The van der Waals surface area contributed by atoms with Crippen LogP contribution in [-0.4, -0.2) is 25.1 Å². The largest absolute Gasteiger partial charge is 0.445 e. The lowest BCUT2D eigenvalue weighted by Gasteiger charge is -2.08. The molecular formula is C15H22N2O3. The van der Waals surface area contributed by atoms with Crippen molar-refractivity contribution in [2.24, 2.45) is 0 Å². The van der Waals surface area contributed by atoms with Crippen molar-refractivity contribution in [2.45, 2.75) is 32.8 Å². The molecule has 2 amide bonds. The summed E-state index contributed by atoms with van der Waals surface area (Å²) in [6.45, 7) is 3.07.